The van der Waals surface area contributed by atoms with Gasteiger partial charge in [-0.25, -0.2) is 4.39 Å². The average molecular weight is 354 g/mol. The third-order valence-electron chi connectivity index (χ3n) is 5.42. The van der Waals surface area contributed by atoms with Crippen molar-refractivity contribution in [2.24, 2.45) is 0 Å². The highest BCUT2D eigenvalue weighted by atomic mass is 19.1. The fourth-order valence-electron chi connectivity index (χ4n) is 4.05. The van der Waals surface area contributed by atoms with Crippen LogP contribution in [0.3, 0.4) is 0 Å². The molecule has 5 nitrogen and oxygen atoms in total. The summed E-state index contributed by atoms with van der Waals surface area (Å²) in [6.07, 6.45) is 0.539. The maximum atomic E-state index is 13.5. The van der Waals surface area contributed by atoms with Gasteiger partial charge in [-0.05, 0) is 48.4 Å². The molecule has 2 amide bonds. The van der Waals surface area contributed by atoms with Gasteiger partial charge in [-0.1, -0.05) is 6.07 Å². The number of methoxy groups -OCH3 is 1. The van der Waals surface area contributed by atoms with Gasteiger partial charge in [-0.2, -0.15) is 0 Å². The SMILES string of the molecule is COc1ccc2c(c1)C1(CCN(C(=O)c3cccc(F)c3)C1)C(=O)N2C. The minimum atomic E-state index is -0.762. The van der Waals surface area contributed by atoms with Gasteiger partial charge in [0.2, 0.25) is 5.91 Å². The second kappa shape index (κ2) is 5.83. The predicted octanol–water partition coefficient (Wildman–Crippen LogP) is 2.59. The Hall–Kier alpha value is -2.89. The van der Waals surface area contributed by atoms with Crippen LogP contribution in [-0.4, -0.2) is 44.0 Å². The summed E-state index contributed by atoms with van der Waals surface area (Å²) in [5.74, 6) is -0.0406. The first-order valence-electron chi connectivity index (χ1n) is 8.48. The number of hydrogen-bond acceptors (Lipinski definition) is 3. The number of carbonyl (C=O) groups is 2. The lowest BCUT2D eigenvalue weighted by Crippen LogP contribution is -2.42. The van der Waals surface area contributed by atoms with Gasteiger partial charge in [0.05, 0.1) is 12.5 Å². The number of rotatable bonds is 2. The molecule has 1 fully saturated rings. The van der Waals surface area contributed by atoms with Crippen molar-refractivity contribution in [3.63, 3.8) is 0 Å². The lowest BCUT2D eigenvalue weighted by Gasteiger charge is -2.23. The minimum Gasteiger partial charge on any atom is -0.497 e. The zero-order valence-electron chi connectivity index (χ0n) is 14.7. The van der Waals surface area contributed by atoms with Crippen LogP contribution < -0.4 is 9.64 Å². The predicted molar refractivity (Wildman–Crippen MR) is 95.0 cm³/mol. The molecule has 0 N–H and O–H groups in total. The van der Waals surface area contributed by atoms with Crippen LogP contribution in [0, 0.1) is 5.82 Å². The number of halogens is 1. The van der Waals surface area contributed by atoms with E-state index < -0.39 is 11.2 Å². The Kier molecular flexibility index (Phi) is 3.72. The maximum Gasteiger partial charge on any atom is 0.254 e. The van der Waals surface area contributed by atoms with Crippen LogP contribution in [0.2, 0.25) is 0 Å². The van der Waals surface area contributed by atoms with E-state index in [0.29, 0.717) is 24.3 Å². The first-order chi connectivity index (χ1) is 12.5. The molecule has 6 heteroatoms. The second-order valence-electron chi connectivity index (χ2n) is 6.82. The summed E-state index contributed by atoms with van der Waals surface area (Å²) in [6, 6.07) is 11.2. The van der Waals surface area contributed by atoms with Crippen LogP contribution in [0.4, 0.5) is 10.1 Å². The average Bonchev–Trinajstić information content (AvgIpc) is 3.19. The number of hydrogen-bond donors (Lipinski definition) is 0. The molecule has 0 aliphatic carbocycles. The van der Waals surface area contributed by atoms with Crippen molar-refractivity contribution >= 4 is 17.5 Å². The van der Waals surface area contributed by atoms with Crippen LogP contribution in [0.5, 0.6) is 5.75 Å². The topological polar surface area (TPSA) is 49.9 Å². The smallest absolute Gasteiger partial charge is 0.254 e. The van der Waals surface area contributed by atoms with Gasteiger partial charge in [0.15, 0.2) is 0 Å². The number of likely N-dealkylation sites (tertiary alicyclic amines) is 1. The molecule has 0 aromatic heterocycles. The van der Waals surface area contributed by atoms with Crippen molar-refractivity contribution in [2.75, 3.05) is 32.1 Å². The van der Waals surface area contributed by atoms with E-state index in [1.165, 1.54) is 18.2 Å². The summed E-state index contributed by atoms with van der Waals surface area (Å²) >= 11 is 0. The molecule has 0 saturated carbocycles. The molecule has 1 spiro atoms. The van der Waals surface area contributed by atoms with E-state index in [-0.39, 0.29) is 18.4 Å². The highest BCUT2D eigenvalue weighted by molar-refractivity contribution is 6.09. The van der Waals surface area contributed by atoms with Gasteiger partial charge in [0.1, 0.15) is 11.6 Å². The van der Waals surface area contributed by atoms with Crippen LogP contribution in [-0.2, 0) is 10.2 Å². The quantitative estimate of drug-likeness (QED) is 0.833. The fraction of sp³-hybridized carbons (Fsp3) is 0.300. The molecule has 0 bridgehead atoms. The number of fused-ring (bicyclic) bond motifs is 2. The molecule has 134 valence electrons. The van der Waals surface area contributed by atoms with Crippen molar-refractivity contribution in [1.82, 2.24) is 4.90 Å². The molecular formula is C20H19FN2O3. The molecule has 1 saturated heterocycles. The number of ether oxygens (including phenoxy) is 1. The van der Waals surface area contributed by atoms with Gasteiger partial charge in [0, 0.05) is 31.4 Å². The number of benzene rings is 2. The molecule has 26 heavy (non-hydrogen) atoms. The maximum absolute atomic E-state index is 13.5. The third kappa shape index (κ3) is 2.29. The van der Waals surface area contributed by atoms with E-state index in [1.807, 2.05) is 18.2 Å². The van der Waals surface area contributed by atoms with E-state index >= 15 is 0 Å². The molecule has 0 radical (unpaired) electrons. The molecule has 2 aliphatic rings. The van der Waals surface area contributed by atoms with Crippen LogP contribution >= 0.6 is 0 Å². The van der Waals surface area contributed by atoms with Crippen LogP contribution in [0.15, 0.2) is 42.5 Å². The Balaban J connectivity index is 1.69. The number of nitrogens with zero attached hydrogens (tertiary/aromatic N) is 2. The monoisotopic (exact) mass is 354 g/mol. The highest BCUT2D eigenvalue weighted by Gasteiger charge is 2.54. The van der Waals surface area contributed by atoms with E-state index in [2.05, 4.69) is 0 Å². The Labute approximate surface area is 151 Å². The lowest BCUT2D eigenvalue weighted by atomic mass is 9.81. The van der Waals surface area contributed by atoms with E-state index in [9.17, 15) is 14.0 Å². The summed E-state index contributed by atoms with van der Waals surface area (Å²) in [4.78, 5) is 29.1. The second-order valence-corrected chi connectivity index (χ2v) is 6.82. The van der Waals surface area contributed by atoms with Crippen molar-refractivity contribution < 1.29 is 18.7 Å². The molecule has 1 atom stereocenters. The number of likely N-dealkylation sites (N-methyl/N-ethyl adjacent to an activating group) is 1. The Morgan fingerprint density at radius 3 is 2.77 bits per heavy atom. The van der Waals surface area contributed by atoms with Gasteiger partial charge < -0.3 is 14.5 Å². The molecule has 1 unspecified atom stereocenters. The lowest BCUT2D eigenvalue weighted by molar-refractivity contribution is -0.122. The zero-order valence-corrected chi connectivity index (χ0v) is 14.7. The minimum absolute atomic E-state index is 0.0182. The standard InChI is InChI=1S/C20H19FN2O3/c1-22-17-7-6-15(26-2)11-16(17)20(19(22)25)8-9-23(12-20)18(24)13-4-3-5-14(21)10-13/h3-7,10-11H,8-9,12H2,1-2H3. The van der Waals surface area contributed by atoms with E-state index in [0.717, 1.165) is 11.3 Å². The first-order valence-corrected chi connectivity index (χ1v) is 8.48. The third-order valence-corrected chi connectivity index (χ3v) is 5.42. The van der Waals surface area contributed by atoms with Crippen molar-refractivity contribution in [2.45, 2.75) is 11.8 Å². The largest absolute Gasteiger partial charge is 0.497 e. The number of anilines is 1. The molecule has 2 aromatic rings. The summed E-state index contributed by atoms with van der Waals surface area (Å²) in [6.45, 7) is 0.733. The Morgan fingerprint density at radius 2 is 2.04 bits per heavy atom. The summed E-state index contributed by atoms with van der Waals surface area (Å²) in [7, 11) is 3.34. The van der Waals surface area contributed by atoms with E-state index in [1.54, 1.807) is 30.0 Å². The summed E-state index contributed by atoms with van der Waals surface area (Å²) < 4.78 is 18.8. The van der Waals surface area contributed by atoms with Crippen molar-refractivity contribution in [3.8, 4) is 5.75 Å². The Bertz CT molecular complexity index is 914. The van der Waals surface area contributed by atoms with Crippen LogP contribution in [0.1, 0.15) is 22.3 Å². The molecule has 2 heterocycles. The fourth-order valence-corrected chi connectivity index (χ4v) is 4.05. The number of carbonyl (C=O) groups excluding carboxylic acids is 2. The highest BCUT2D eigenvalue weighted by Crippen LogP contribution is 2.48. The summed E-state index contributed by atoms with van der Waals surface area (Å²) in [5, 5.41) is 0. The number of amides is 2. The van der Waals surface area contributed by atoms with Gasteiger partial charge in [0.25, 0.3) is 5.91 Å². The molecular weight excluding hydrogens is 335 g/mol. The zero-order chi connectivity index (χ0) is 18.5. The van der Waals surface area contributed by atoms with Crippen molar-refractivity contribution in [1.29, 1.82) is 0 Å². The van der Waals surface area contributed by atoms with Gasteiger partial charge in [-0.15, -0.1) is 0 Å². The van der Waals surface area contributed by atoms with E-state index in [4.69, 9.17) is 4.74 Å². The Morgan fingerprint density at radius 1 is 1.23 bits per heavy atom. The molecule has 4 rings (SSSR count). The van der Waals surface area contributed by atoms with Gasteiger partial charge >= 0.3 is 0 Å². The van der Waals surface area contributed by atoms with Crippen LogP contribution in [0.25, 0.3) is 0 Å². The molecule has 2 aliphatic heterocycles. The van der Waals surface area contributed by atoms with Gasteiger partial charge in [-0.3, -0.25) is 9.59 Å². The van der Waals surface area contributed by atoms with Crippen molar-refractivity contribution in [3.05, 3.63) is 59.4 Å². The molecule has 2 aromatic carbocycles. The summed E-state index contributed by atoms with van der Waals surface area (Å²) in [5.41, 5.74) is 1.27. The normalized spacial score (nSPS) is 21.4. The first kappa shape index (κ1) is 16.6.